The zero-order valence-corrected chi connectivity index (χ0v) is 14.4. The topological polar surface area (TPSA) is 70.2 Å². The summed E-state index contributed by atoms with van der Waals surface area (Å²) < 4.78 is 6.38. The molecule has 0 saturated carbocycles. The van der Waals surface area contributed by atoms with Crippen molar-refractivity contribution in [2.75, 3.05) is 6.26 Å². The van der Waals surface area contributed by atoms with Crippen LogP contribution in [-0.2, 0) is 4.79 Å². The zero-order valence-electron chi connectivity index (χ0n) is 12.0. The van der Waals surface area contributed by atoms with Crippen LogP contribution in [0.1, 0.15) is 11.9 Å². The van der Waals surface area contributed by atoms with Gasteiger partial charge in [-0.1, -0.05) is 27.7 Å². The van der Waals surface area contributed by atoms with Gasteiger partial charge in [0.2, 0.25) is 6.17 Å². The summed E-state index contributed by atoms with van der Waals surface area (Å²) in [6.07, 6.45) is 2.95. The Hall–Kier alpha value is -2.06. The summed E-state index contributed by atoms with van der Waals surface area (Å²) in [5.41, 5.74) is 0.468. The molecule has 6 nitrogen and oxygen atoms in total. The molecule has 1 N–H and O–H groups in total. The molecular weight excluding hydrogens is 380 g/mol. The highest BCUT2D eigenvalue weighted by molar-refractivity contribution is 9.10. The van der Waals surface area contributed by atoms with Crippen molar-refractivity contribution in [3.63, 3.8) is 0 Å². The number of thioether (sulfide) groups is 1. The third-order valence-corrected chi connectivity index (χ3v) is 4.62. The Morgan fingerprint density at radius 3 is 3.00 bits per heavy atom. The molecule has 0 radical (unpaired) electrons. The number of halogens is 1. The van der Waals surface area contributed by atoms with Gasteiger partial charge in [0, 0.05) is 9.69 Å². The lowest BCUT2D eigenvalue weighted by Gasteiger charge is -2.32. The van der Waals surface area contributed by atoms with E-state index in [9.17, 15) is 4.79 Å². The van der Waals surface area contributed by atoms with Crippen molar-refractivity contribution < 1.29 is 9.21 Å². The average Bonchev–Trinajstić information content (AvgIpc) is 3.07. The predicted molar refractivity (Wildman–Crippen MR) is 90.7 cm³/mol. The van der Waals surface area contributed by atoms with Crippen LogP contribution in [0.25, 0.3) is 5.70 Å². The van der Waals surface area contributed by atoms with E-state index in [1.165, 1.54) is 11.8 Å². The Morgan fingerprint density at radius 2 is 2.26 bits per heavy atom. The number of furan rings is 1. The quantitative estimate of drug-likeness (QED) is 0.801. The van der Waals surface area contributed by atoms with Crippen LogP contribution in [0.3, 0.4) is 0 Å². The van der Waals surface area contributed by atoms with E-state index in [-0.39, 0.29) is 5.91 Å². The van der Waals surface area contributed by atoms with Crippen molar-refractivity contribution in [2.45, 2.75) is 6.17 Å². The second-order valence-corrected chi connectivity index (χ2v) is 6.65. The number of hydrogen-bond acceptors (Lipinski definition) is 6. The maximum Gasteiger partial charge on any atom is 0.276 e. The lowest BCUT2D eigenvalue weighted by atomic mass is 10.1. The Bertz CT molecular complexity index is 939. The van der Waals surface area contributed by atoms with Gasteiger partial charge in [-0.05, 0) is 36.6 Å². The molecule has 2 aliphatic rings. The molecule has 3 heterocycles. The summed E-state index contributed by atoms with van der Waals surface area (Å²) in [5.74, 6) is 0.435. The van der Waals surface area contributed by atoms with Gasteiger partial charge in [-0.25, -0.2) is 10.0 Å². The lowest BCUT2D eigenvalue weighted by molar-refractivity contribution is -0.116. The Balaban J connectivity index is 2.03. The largest absolute Gasteiger partial charge is 0.465 e. The summed E-state index contributed by atoms with van der Waals surface area (Å²) in [7, 11) is 0. The number of fused-ring (bicyclic) bond motifs is 2. The van der Waals surface area contributed by atoms with E-state index in [0.29, 0.717) is 16.6 Å². The summed E-state index contributed by atoms with van der Waals surface area (Å²) in [6, 6.07) is 9.27. The van der Waals surface area contributed by atoms with E-state index >= 15 is 0 Å². The normalized spacial score (nSPS) is 19.5. The first-order valence-corrected chi connectivity index (χ1v) is 8.83. The number of amides is 1. The van der Waals surface area contributed by atoms with Gasteiger partial charge in [-0.2, -0.15) is 0 Å². The smallest absolute Gasteiger partial charge is 0.276 e. The van der Waals surface area contributed by atoms with E-state index in [1.807, 2.05) is 30.5 Å². The Labute approximate surface area is 144 Å². The van der Waals surface area contributed by atoms with Crippen LogP contribution < -0.4 is 15.9 Å². The second kappa shape index (κ2) is 5.54. The van der Waals surface area contributed by atoms with Crippen LogP contribution >= 0.6 is 27.7 Å². The van der Waals surface area contributed by atoms with Gasteiger partial charge < -0.3 is 4.42 Å². The minimum atomic E-state index is -0.498. The van der Waals surface area contributed by atoms with Gasteiger partial charge >= 0.3 is 0 Å². The molecule has 0 unspecified atom stereocenters. The molecule has 1 aromatic carbocycles. The van der Waals surface area contributed by atoms with Crippen molar-refractivity contribution in [3.05, 3.63) is 57.4 Å². The molecule has 1 amide bonds. The van der Waals surface area contributed by atoms with Crippen LogP contribution in [0.4, 0.5) is 0 Å². The third-order valence-electron chi connectivity index (χ3n) is 3.56. The summed E-state index contributed by atoms with van der Waals surface area (Å²) in [5, 5.41) is 10.9. The monoisotopic (exact) mass is 390 g/mol. The van der Waals surface area contributed by atoms with Crippen LogP contribution in [0.5, 0.6) is 0 Å². The number of hydrogen-bond donors (Lipinski definition) is 1. The van der Waals surface area contributed by atoms with Gasteiger partial charge in [0.25, 0.3) is 5.91 Å². The summed E-state index contributed by atoms with van der Waals surface area (Å²) in [6.45, 7) is 0. The zero-order chi connectivity index (χ0) is 16.0. The molecule has 4 rings (SSSR count). The van der Waals surface area contributed by atoms with E-state index < -0.39 is 6.17 Å². The van der Waals surface area contributed by atoms with Gasteiger partial charge in [0.1, 0.15) is 11.5 Å². The third kappa shape index (κ3) is 2.38. The number of amidine groups is 1. The van der Waals surface area contributed by atoms with Crippen LogP contribution in [0, 0.1) is 0 Å². The van der Waals surface area contributed by atoms with Crippen LogP contribution in [0.2, 0.25) is 0 Å². The first kappa shape index (κ1) is 14.5. The highest BCUT2D eigenvalue weighted by atomic mass is 79.9. The fourth-order valence-corrected chi connectivity index (χ4v) is 3.29. The molecule has 2 aliphatic heterocycles. The molecule has 1 aromatic heterocycles. The second-order valence-electron chi connectivity index (χ2n) is 4.94. The summed E-state index contributed by atoms with van der Waals surface area (Å²) in [4.78, 5) is 17.3. The molecule has 23 heavy (non-hydrogen) atoms. The van der Waals surface area contributed by atoms with Crippen molar-refractivity contribution in [2.24, 2.45) is 10.1 Å². The molecular formula is C15H11BrN4O2S. The fraction of sp³-hybridized carbons (Fsp3) is 0.133. The van der Waals surface area contributed by atoms with Gasteiger partial charge in [0.05, 0.1) is 11.6 Å². The van der Waals surface area contributed by atoms with Crippen LogP contribution in [-0.4, -0.2) is 22.3 Å². The minimum Gasteiger partial charge on any atom is -0.465 e. The summed E-state index contributed by atoms with van der Waals surface area (Å²) >= 11 is 4.81. The van der Waals surface area contributed by atoms with Gasteiger partial charge in [0.15, 0.2) is 5.17 Å². The molecule has 0 fully saturated rings. The standard InChI is InChI=1S/C15H11BrN4O2S/c1-23-15-18-14(21)12-9-7-8(16)4-5-10(9)17-13(20(12)19-15)11-3-2-6-22-11/h2-7,13H,1H3,(H,18,19,21)/t13-/m1/s1. The molecule has 0 bridgehead atoms. The predicted octanol–water partition coefficient (Wildman–Crippen LogP) is 1.55. The first-order valence-electron chi connectivity index (χ1n) is 6.81. The van der Waals surface area contributed by atoms with Crippen LogP contribution in [0.15, 0.2) is 55.6 Å². The Morgan fingerprint density at radius 1 is 1.39 bits per heavy atom. The van der Waals surface area contributed by atoms with E-state index in [2.05, 4.69) is 26.3 Å². The number of carbonyl (C=O) groups excluding carboxylic acids is 1. The average molecular weight is 391 g/mol. The number of rotatable bonds is 1. The SMILES string of the molecule is CSC1=NN2C(=c3cc(Br)ccc3=N[C@H]2c2ccco2)C(=O)N1. The molecule has 0 spiro atoms. The number of carbonyl (C=O) groups is 1. The number of nitrogens with zero attached hydrogens (tertiary/aromatic N) is 3. The maximum absolute atomic E-state index is 12.6. The first-order chi connectivity index (χ1) is 11.2. The molecule has 116 valence electrons. The highest BCUT2D eigenvalue weighted by Crippen LogP contribution is 2.30. The minimum absolute atomic E-state index is 0.199. The van der Waals surface area contributed by atoms with E-state index in [1.54, 1.807) is 17.3 Å². The van der Waals surface area contributed by atoms with Crippen molar-refractivity contribution in [3.8, 4) is 0 Å². The number of nitrogens with one attached hydrogen (secondary N) is 1. The van der Waals surface area contributed by atoms with Crippen molar-refractivity contribution in [1.82, 2.24) is 10.3 Å². The molecule has 1 atom stereocenters. The van der Waals surface area contributed by atoms with Crippen molar-refractivity contribution >= 4 is 44.5 Å². The fourth-order valence-electron chi connectivity index (χ4n) is 2.57. The van der Waals surface area contributed by atoms with E-state index in [0.717, 1.165) is 15.0 Å². The number of hydrazone groups is 1. The maximum atomic E-state index is 12.6. The van der Waals surface area contributed by atoms with Gasteiger partial charge in [-0.15, -0.1) is 5.10 Å². The Kier molecular flexibility index (Phi) is 3.50. The van der Waals surface area contributed by atoms with E-state index in [4.69, 9.17) is 9.41 Å². The lowest BCUT2D eigenvalue weighted by Crippen LogP contribution is -2.50. The van der Waals surface area contributed by atoms with Crippen molar-refractivity contribution in [1.29, 1.82) is 0 Å². The highest BCUT2D eigenvalue weighted by Gasteiger charge is 2.35. The number of benzene rings is 1. The molecule has 8 heteroatoms. The molecule has 0 aliphatic carbocycles. The van der Waals surface area contributed by atoms with Gasteiger partial charge in [-0.3, -0.25) is 10.1 Å². The molecule has 2 aromatic rings. The molecule has 0 saturated heterocycles.